The number of rotatable bonds is 3. The molecule has 0 atom stereocenters. The van der Waals surface area contributed by atoms with Gasteiger partial charge in [-0.15, -0.1) is 0 Å². The standard InChI is InChI=1S/C15H20BNO4/c1-14(2)15(3,4)21-16(20-14)12-8-11(9-17-10-12)6-7-13(18)19-5/h6-10H,1-5H3. The number of pyridine rings is 1. The Morgan fingerprint density at radius 3 is 2.43 bits per heavy atom. The van der Waals surface area contributed by atoms with Crippen LogP contribution in [0.3, 0.4) is 0 Å². The van der Waals surface area contributed by atoms with Crippen molar-refractivity contribution in [1.29, 1.82) is 0 Å². The van der Waals surface area contributed by atoms with E-state index in [1.165, 1.54) is 13.2 Å². The lowest BCUT2D eigenvalue weighted by atomic mass is 9.80. The molecule has 1 aromatic heterocycles. The fourth-order valence-electron chi connectivity index (χ4n) is 1.91. The quantitative estimate of drug-likeness (QED) is 0.480. The molecule has 5 nitrogen and oxygen atoms in total. The van der Waals surface area contributed by atoms with Crippen LogP contribution in [0.5, 0.6) is 0 Å². The molecule has 1 aromatic rings. The van der Waals surface area contributed by atoms with Gasteiger partial charge in [-0.05, 0) is 39.3 Å². The largest absolute Gasteiger partial charge is 0.496 e. The van der Waals surface area contributed by atoms with Crippen LogP contribution in [0.1, 0.15) is 33.3 Å². The van der Waals surface area contributed by atoms with E-state index in [4.69, 9.17) is 9.31 Å². The second-order valence-electron chi connectivity index (χ2n) is 6.00. The molecule has 21 heavy (non-hydrogen) atoms. The molecule has 0 saturated carbocycles. The Bertz CT molecular complexity index is 553. The molecule has 1 aliphatic heterocycles. The summed E-state index contributed by atoms with van der Waals surface area (Å²) in [4.78, 5) is 15.3. The number of ether oxygens (including phenoxy) is 1. The number of methoxy groups -OCH3 is 1. The summed E-state index contributed by atoms with van der Waals surface area (Å²) in [5, 5.41) is 0. The minimum Gasteiger partial charge on any atom is -0.466 e. The number of hydrogen-bond donors (Lipinski definition) is 0. The lowest BCUT2D eigenvalue weighted by Gasteiger charge is -2.32. The maximum Gasteiger partial charge on any atom is 0.496 e. The molecule has 0 unspecified atom stereocenters. The van der Waals surface area contributed by atoms with E-state index in [0.717, 1.165) is 11.0 Å². The zero-order valence-electron chi connectivity index (χ0n) is 13.0. The van der Waals surface area contributed by atoms with E-state index in [-0.39, 0.29) is 0 Å². The first-order valence-corrected chi connectivity index (χ1v) is 6.82. The van der Waals surface area contributed by atoms with E-state index in [1.807, 2.05) is 33.8 Å². The van der Waals surface area contributed by atoms with Gasteiger partial charge in [-0.1, -0.05) is 6.07 Å². The van der Waals surface area contributed by atoms with Crippen molar-refractivity contribution in [1.82, 2.24) is 4.98 Å². The Hall–Kier alpha value is -1.66. The highest BCUT2D eigenvalue weighted by atomic mass is 16.7. The fraction of sp³-hybridized carbons (Fsp3) is 0.467. The molecule has 2 rings (SSSR count). The topological polar surface area (TPSA) is 57.7 Å². The normalized spacial score (nSPS) is 20.0. The molecule has 0 amide bonds. The van der Waals surface area contributed by atoms with Crippen molar-refractivity contribution in [3.63, 3.8) is 0 Å². The summed E-state index contributed by atoms with van der Waals surface area (Å²) in [7, 11) is 0.875. The second-order valence-corrected chi connectivity index (χ2v) is 6.00. The zero-order valence-corrected chi connectivity index (χ0v) is 13.0. The summed E-state index contributed by atoms with van der Waals surface area (Å²) in [6.07, 6.45) is 6.37. The third kappa shape index (κ3) is 3.33. The van der Waals surface area contributed by atoms with Crippen LogP contribution in [0.15, 0.2) is 24.5 Å². The van der Waals surface area contributed by atoms with E-state index in [9.17, 15) is 4.79 Å². The molecule has 0 aliphatic carbocycles. The number of carbonyl (C=O) groups excluding carboxylic acids is 1. The zero-order chi connectivity index (χ0) is 15.7. The van der Waals surface area contributed by atoms with Gasteiger partial charge in [0.1, 0.15) is 0 Å². The molecule has 1 fully saturated rings. The van der Waals surface area contributed by atoms with Crippen LogP contribution in [-0.4, -0.2) is 36.4 Å². The minimum absolute atomic E-state index is 0.393. The van der Waals surface area contributed by atoms with E-state index in [2.05, 4.69) is 9.72 Å². The predicted octanol–water partition coefficient (Wildman–Crippen LogP) is 1.57. The highest BCUT2D eigenvalue weighted by Crippen LogP contribution is 2.36. The Labute approximate surface area is 125 Å². The van der Waals surface area contributed by atoms with Gasteiger partial charge in [-0.3, -0.25) is 4.98 Å². The van der Waals surface area contributed by atoms with Crippen LogP contribution in [0.2, 0.25) is 0 Å². The van der Waals surface area contributed by atoms with Crippen molar-refractivity contribution in [3.8, 4) is 0 Å². The summed E-state index contributed by atoms with van der Waals surface area (Å²) >= 11 is 0. The Kier molecular flexibility index (Phi) is 4.21. The van der Waals surface area contributed by atoms with Gasteiger partial charge in [0.15, 0.2) is 0 Å². The summed E-state index contributed by atoms with van der Waals surface area (Å²) in [6.45, 7) is 8.01. The van der Waals surface area contributed by atoms with E-state index in [1.54, 1.807) is 18.5 Å². The third-order valence-corrected chi connectivity index (χ3v) is 3.92. The van der Waals surface area contributed by atoms with Crippen molar-refractivity contribution >= 4 is 24.6 Å². The number of carbonyl (C=O) groups is 1. The van der Waals surface area contributed by atoms with Gasteiger partial charge < -0.3 is 14.0 Å². The highest BCUT2D eigenvalue weighted by molar-refractivity contribution is 6.62. The van der Waals surface area contributed by atoms with Gasteiger partial charge in [0.05, 0.1) is 18.3 Å². The Morgan fingerprint density at radius 2 is 1.86 bits per heavy atom. The maximum atomic E-state index is 11.1. The molecule has 1 saturated heterocycles. The second kappa shape index (κ2) is 5.62. The third-order valence-electron chi connectivity index (χ3n) is 3.92. The molecule has 0 radical (unpaired) electrons. The molecule has 112 valence electrons. The summed E-state index contributed by atoms with van der Waals surface area (Å²) in [5.74, 6) is -0.406. The van der Waals surface area contributed by atoms with Crippen LogP contribution < -0.4 is 5.46 Å². The van der Waals surface area contributed by atoms with Crippen LogP contribution in [0.4, 0.5) is 0 Å². The molecule has 6 heteroatoms. The molecular formula is C15H20BNO4. The molecule has 1 aliphatic rings. The monoisotopic (exact) mass is 289 g/mol. The first-order chi connectivity index (χ1) is 9.75. The van der Waals surface area contributed by atoms with Crippen molar-refractivity contribution in [2.75, 3.05) is 7.11 Å². The van der Waals surface area contributed by atoms with Gasteiger partial charge in [0.25, 0.3) is 0 Å². The lowest BCUT2D eigenvalue weighted by molar-refractivity contribution is -0.134. The average molecular weight is 289 g/mol. The number of nitrogens with zero attached hydrogens (tertiary/aromatic N) is 1. The summed E-state index contributed by atoms with van der Waals surface area (Å²) in [6, 6.07) is 1.88. The van der Waals surface area contributed by atoms with Gasteiger partial charge >= 0.3 is 13.1 Å². The van der Waals surface area contributed by atoms with Crippen molar-refractivity contribution in [2.45, 2.75) is 38.9 Å². The molecular weight excluding hydrogens is 269 g/mol. The van der Waals surface area contributed by atoms with Crippen molar-refractivity contribution < 1.29 is 18.8 Å². The Balaban J connectivity index is 2.19. The van der Waals surface area contributed by atoms with Crippen LogP contribution in [0, 0.1) is 0 Å². The van der Waals surface area contributed by atoms with Crippen LogP contribution in [0.25, 0.3) is 6.08 Å². The lowest BCUT2D eigenvalue weighted by Crippen LogP contribution is -2.41. The van der Waals surface area contributed by atoms with E-state index >= 15 is 0 Å². The average Bonchev–Trinajstić information content (AvgIpc) is 2.65. The number of hydrogen-bond acceptors (Lipinski definition) is 5. The van der Waals surface area contributed by atoms with E-state index < -0.39 is 24.3 Å². The number of aromatic nitrogens is 1. The highest BCUT2D eigenvalue weighted by Gasteiger charge is 2.51. The van der Waals surface area contributed by atoms with Gasteiger partial charge in [0, 0.05) is 23.9 Å². The molecule has 0 N–H and O–H groups in total. The predicted molar refractivity (Wildman–Crippen MR) is 81.0 cm³/mol. The van der Waals surface area contributed by atoms with E-state index in [0.29, 0.717) is 0 Å². The summed E-state index contributed by atoms with van der Waals surface area (Å²) in [5.41, 5.74) is 0.818. The van der Waals surface area contributed by atoms with Gasteiger partial charge in [0.2, 0.25) is 0 Å². The van der Waals surface area contributed by atoms with Crippen LogP contribution >= 0.6 is 0 Å². The fourth-order valence-corrected chi connectivity index (χ4v) is 1.91. The first-order valence-electron chi connectivity index (χ1n) is 6.82. The molecule has 0 bridgehead atoms. The SMILES string of the molecule is COC(=O)C=Cc1cncc(B2OC(C)(C)C(C)(C)O2)c1. The van der Waals surface area contributed by atoms with Crippen molar-refractivity contribution in [3.05, 3.63) is 30.1 Å². The van der Waals surface area contributed by atoms with Gasteiger partial charge in [-0.2, -0.15) is 0 Å². The minimum atomic E-state index is -0.464. The van der Waals surface area contributed by atoms with Gasteiger partial charge in [-0.25, -0.2) is 4.79 Å². The van der Waals surface area contributed by atoms with Crippen LogP contribution in [-0.2, 0) is 18.8 Å². The maximum absolute atomic E-state index is 11.1. The molecule has 2 heterocycles. The van der Waals surface area contributed by atoms with Crippen molar-refractivity contribution in [2.24, 2.45) is 0 Å². The smallest absolute Gasteiger partial charge is 0.466 e. The number of esters is 1. The molecule has 0 aromatic carbocycles. The summed E-state index contributed by atoms with van der Waals surface area (Å²) < 4.78 is 16.5. The first kappa shape index (κ1) is 15.7. The molecule has 0 spiro atoms. The Morgan fingerprint density at radius 1 is 1.24 bits per heavy atom.